The van der Waals surface area contributed by atoms with Gasteiger partial charge < -0.3 is 20.1 Å². The van der Waals surface area contributed by atoms with Gasteiger partial charge in [-0.1, -0.05) is 12.1 Å². The normalized spacial score (nSPS) is 18.9. The molecular formula is C27H25FN4O3. The lowest BCUT2D eigenvalue weighted by Crippen LogP contribution is -2.54. The number of hydrogen-bond donors (Lipinski definition) is 1. The minimum absolute atomic E-state index is 0.176. The zero-order valence-electron chi connectivity index (χ0n) is 19.3. The van der Waals surface area contributed by atoms with E-state index in [2.05, 4.69) is 9.98 Å². The zero-order chi connectivity index (χ0) is 24.4. The number of para-hydroxylation sites is 1. The fraction of sp³-hybridized carbons (Fsp3) is 0.222. The number of piperidine rings is 1. The molecule has 2 aliphatic rings. The Morgan fingerprint density at radius 3 is 2.60 bits per heavy atom. The molecule has 2 N–H and O–H groups in total. The number of ether oxygens (including phenoxy) is 2. The molecule has 5 rings (SSSR count). The summed E-state index contributed by atoms with van der Waals surface area (Å²) >= 11 is 0. The van der Waals surface area contributed by atoms with Gasteiger partial charge in [-0.25, -0.2) is 9.37 Å². The van der Waals surface area contributed by atoms with Gasteiger partial charge in [-0.05, 0) is 48.5 Å². The Balaban J connectivity index is 1.37. The van der Waals surface area contributed by atoms with Crippen LogP contribution in [0.3, 0.4) is 0 Å². The van der Waals surface area contributed by atoms with Crippen molar-refractivity contribution in [2.75, 3.05) is 20.1 Å². The van der Waals surface area contributed by atoms with Crippen LogP contribution in [0.5, 0.6) is 17.4 Å². The summed E-state index contributed by atoms with van der Waals surface area (Å²) in [7, 11) is 1.75. The van der Waals surface area contributed by atoms with Gasteiger partial charge in [0.25, 0.3) is 5.91 Å². The first-order valence-electron chi connectivity index (χ1n) is 11.4. The molecule has 0 radical (unpaired) electrons. The fourth-order valence-electron chi connectivity index (χ4n) is 4.71. The van der Waals surface area contributed by atoms with Crippen molar-refractivity contribution in [3.8, 4) is 17.4 Å². The summed E-state index contributed by atoms with van der Waals surface area (Å²) in [6.45, 7) is 0.917. The molecular weight excluding hydrogens is 447 g/mol. The van der Waals surface area contributed by atoms with Crippen molar-refractivity contribution in [1.29, 1.82) is 0 Å². The number of amides is 1. The lowest BCUT2D eigenvalue weighted by atomic mass is 9.78. The Hall–Kier alpha value is -4.20. The maximum atomic E-state index is 13.4. The lowest BCUT2D eigenvalue weighted by molar-refractivity contribution is 0.0283. The summed E-state index contributed by atoms with van der Waals surface area (Å²) in [6.07, 6.45) is 4.25. The number of carbonyl (C=O) groups is 1. The summed E-state index contributed by atoms with van der Waals surface area (Å²) in [6, 6.07) is 16.7. The quantitative estimate of drug-likeness (QED) is 0.612. The van der Waals surface area contributed by atoms with Crippen LogP contribution in [0.2, 0.25) is 0 Å². The van der Waals surface area contributed by atoms with Crippen molar-refractivity contribution in [2.24, 2.45) is 10.7 Å². The molecule has 0 atom stereocenters. The van der Waals surface area contributed by atoms with Gasteiger partial charge in [-0.15, -0.1) is 0 Å². The molecule has 1 amide bonds. The largest absolute Gasteiger partial charge is 0.482 e. The van der Waals surface area contributed by atoms with Crippen LogP contribution in [0, 0.1) is 5.82 Å². The van der Waals surface area contributed by atoms with E-state index in [1.165, 1.54) is 24.3 Å². The Labute approximate surface area is 202 Å². The number of rotatable bonds is 3. The summed E-state index contributed by atoms with van der Waals surface area (Å²) in [5, 5.41) is 0. The minimum Gasteiger partial charge on any atom is -0.482 e. The number of hydrogen-bond acceptors (Lipinski definition) is 6. The highest BCUT2D eigenvalue weighted by Crippen LogP contribution is 2.43. The van der Waals surface area contributed by atoms with Crippen molar-refractivity contribution in [3.63, 3.8) is 0 Å². The molecule has 2 aromatic carbocycles. The highest BCUT2D eigenvalue weighted by molar-refractivity contribution is 6.16. The molecule has 0 saturated carbocycles. The third kappa shape index (κ3) is 4.12. The van der Waals surface area contributed by atoms with Crippen LogP contribution in [0.25, 0.3) is 0 Å². The predicted molar refractivity (Wildman–Crippen MR) is 130 cm³/mol. The number of halogens is 1. The van der Waals surface area contributed by atoms with Gasteiger partial charge in [-0.3, -0.25) is 9.79 Å². The minimum atomic E-state index is -0.656. The van der Waals surface area contributed by atoms with Crippen LogP contribution < -0.4 is 15.2 Å². The Morgan fingerprint density at radius 1 is 1.14 bits per heavy atom. The molecule has 1 fully saturated rings. The summed E-state index contributed by atoms with van der Waals surface area (Å²) in [5.74, 6) is 0.779. The van der Waals surface area contributed by atoms with Gasteiger partial charge in [0, 0.05) is 56.5 Å². The van der Waals surface area contributed by atoms with E-state index in [0.717, 1.165) is 22.6 Å². The van der Waals surface area contributed by atoms with Gasteiger partial charge >= 0.3 is 0 Å². The van der Waals surface area contributed by atoms with Crippen molar-refractivity contribution < 1.29 is 18.7 Å². The third-order valence-electron chi connectivity index (χ3n) is 6.47. The number of pyridine rings is 1. The van der Waals surface area contributed by atoms with Crippen LogP contribution in [0.4, 0.5) is 4.39 Å². The maximum absolute atomic E-state index is 13.4. The second kappa shape index (κ2) is 9.21. The first kappa shape index (κ1) is 22.6. The van der Waals surface area contributed by atoms with E-state index >= 15 is 0 Å². The van der Waals surface area contributed by atoms with Crippen LogP contribution in [-0.2, 0) is 0 Å². The molecule has 1 spiro atoms. The van der Waals surface area contributed by atoms with E-state index < -0.39 is 5.60 Å². The number of nitrogens with zero attached hydrogens (tertiary/aromatic N) is 3. The molecule has 7 nitrogen and oxygen atoms in total. The molecule has 178 valence electrons. The van der Waals surface area contributed by atoms with Gasteiger partial charge in [0.05, 0.1) is 5.71 Å². The highest BCUT2D eigenvalue weighted by Gasteiger charge is 2.46. The Morgan fingerprint density at radius 2 is 1.89 bits per heavy atom. The molecule has 3 heterocycles. The topological polar surface area (TPSA) is 90.0 Å². The third-order valence-corrected chi connectivity index (χ3v) is 6.47. The summed E-state index contributed by atoms with van der Waals surface area (Å²) < 4.78 is 25.6. The van der Waals surface area contributed by atoms with Crippen molar-refractivity contribution in [2.45, 2.75) is 18.4 Å². The molecule has 3 aromatic rings. The number of aromatic nitrogens is 1. The standard InChI is InChI=1S/C27H25FN4O3/c1-30-24-20-5-2-3-7-23(20)35-27(22(24)17-29)12-15-32(16-13-27)26(33)21-6-4-14-31-25(21)34-19-10-8-18(28)9-11-19/h2-11,14,17H,12-13,15-16,29H2,1H3. The van der Waals surface area contributed by atoms with Crippen molar-refractivity contribution >= 4 is 11.6 Å². The van der Waals surface area contributed by atoms with E-state index in [1.807, 2.05) is 24.3 Å². The molecule has 0 aliphatic carbocycles. The molecule has 2 aliphatic heterocycles. The number of fused-ring (bicyclic) bond motifs is 1. The average molecular weight is 473 g/mol. The Kier molecular flexibility index (Phi) is 5.94. The molecule has 35 heavy (non-hydrogen) atoms. The molecule has 0 unspecified atom stereocenters. The van der Waals surface area contributed by atoms with E-state index in [4.69, 9.17) is 15.2 Å². The van der Waals surface area contributed by atoms with E-state index in [1.54, 1.807) is 36.5 Å². The van der Waals surface area contributed by atoms with Gasteiger partial charge in [-0.2, -0.15) is 0 Å². The van der Waals surface area contributed by atoms with E-state index in [0.29, 0.717) is 37.2 Å². The lowest BCUT2D eigenvalue weighted by Gasteiger charge is -2.46. The van der Waals surface area contributed by atoms with Crippen LogP contribution in [0.1, 0.15) is 28.8 Å². The highest BCUT2D eigenvalue weighted by atomic mass is 19.1. The average Bonchev–Trinajstić information content (AvgIpc) is 2.89. The number of aliphatic imine (C=N–C) groups is 1. The van der Waals surface area contributed by atoms with Crippen LogP contribution in [-0.4, -0.2) is 47.2 Å². The zero-order valence-corrected chi connectivity index (χ0v) is 19.3. The van der Waals surface area contributed by atoms with Crippen molar-refractivity contribution in [1.82, 2.24) is 9.88 Å². The number of likely N-dealkylation sites (tertiary alicyclic amines) is 1. The van der Waals surface area contributed by atoms with Gasteiger partial charge in [0.1, 0.15) is 28.5 Å². The SMILES string of the molecule is CN=C1C(=CN)C2(CCN(C(=O)c3cccnc3Oc3ccc(F)cc3)CC2)Oc2ccccc21. The van der Waals surface area contributed by atoms with Crippen LogP contribution >= 0.6 is 0 Å². The van der Waals surface area contributed by atoms with E-state index in [9.17, 15) is 9.18 Å². The van der Waals surface area contributed by atoms with Gasteiger partial charge in [0.2, 0.25) is 5.88 Å². The van der Waals surface area contributed by atoms with E-state index in [-0.39, 0.29) is 17.6 Å². The first-order chi connectivity index (χ1) is 17.0. The second-order valence-corrected chi connectivity index (χ2v) is 8.45. The number of carbonyl (C=O) groups excluding carboxylic acids is 1. The van der Waals surface area contributed by atoms with Crippen molar-refractivity contribution in [3.05, 3.63) is 95.6 Å². The molecule has 1 aromatic heterocycles. The smallest absolute Gasteiger partial charge is 0.259 e. The van der Waals surface area contributed by atoms with Crippen LogP contribution in [0.15, 0.2) is 83.6 Å². The van der Waals surface area contributed by atoms with Gasteiger partial charge in [0.15, 0.2) is 0 Å². The summed E-state index contributed by atoms with van der Waals surface area (Å²) in [5.41, 5.74) is 8.32. The fourth-order valence-corrected chi connectivity index (χ4v) is 4.71. The maximum Gasteiger partial charge on any atom is 0.259 e. The molecule has 8 heteroatoms. The summed E-state index contributed by atoms with van der Waals surface area (Å²) in [4.78, 5) is 24.0. The predicted octanol–water partition coefficient (Wildman–Crippen LogP) is 4.34. The first-order valence-corrected chi connectivity index (χ1v) is 11.4. The molecule has 0 bridgehead atoms. The second-order valence-electron chi connectivity index (χ2n) is 8.45. The molecule has 1 saturated heterocycles. The Bertz CT molecular complexity index is 1310. The number of benzene rings is 2. The monoisotopic (exact) mass is 472 g/mol. The number of nitrogens with two attached hydrogens (primary N) is 1.